The molecule has 0 spiro atoms. The predicted octanol–water partition coefficient (Wildman–Crippen LogP) is 6.74. The summed E-state index contributed by atoms with van der Waals surface area (Å²) in [5.41, 5.74) is 3.20. The molecule has 1 aliphatic rings. The normalized spacial score (nSPS) is 13.6. The highest BCUT2D eigenvalue weighted by Gasteiger charge is 2.47. The number of nitrogens with zero attached hydrogens (tertiary/aromatic N) is 1. The van der Waals surface area contributed by atoms with E-state index in [-0.39, 0.29) is 11.8 Å². The molecule has 41 heavy (non-hydrogen) atoms. The van der Waals surface area contributed by atoms with Crippen LogP contribution in [0.5, 0.6) is 5.75 Å². The second kappa shape index (κ2) is 10.4. The Morgan fingerprint density at radius 1 is 1.00 bits per heavy atom. The number of methoxy groups -OCH3 is 1. The predicted molar refractivity (Wildman–Crippen MR) is 155 cm³/mol. The molecule has 2 N–H and O–H groups in total. The molecule has 0 saturated heterocycles. The number of hydrogen-bond acceptors (Lipinski definition) is 5. The van der Waals surface area contributed by atoms with Crippen molar-refractivity contribution in [3.8, 4) is 28.2 Å². The lowest BCUT2D eigenvalue weighted by atomic mass is 9.98. The maximum Gasteiger partial charge on any atom is 0.255 e. The molecule has 1 saturated carbocycles. The van der Waals surface area contributed by atoms with Crippen molar-refractivity contribution >= 4 is 34.4 Å². The van der Waals surface area contributed by atoms with Crippen LogP contribution in [0.1, 0.15) is 39.3 Å². The highest BCUT2D eigenvalue weighted by molar-refractivity contribution is 6.34. The van der Waals surface area contributed by atoms with Crippen LogP contribution in [0.2, 0.25) is 5.02 Å². The first-order valence-electron chi connectivity index (χ1n) is 13.0. The van der Waals surface area contributed by atoms with E-state index in [1.54, 1.807) is 48.7 Å². The van der Waals surface area contributed by atoms with Gasteiger partial charge in [0.2, 0.25) is 0 Å². The molecule has 3 aromatic carbocycles. The van der Waals surface area contributed by atoms with E-state index < -0.39 is 11.4 Å². The van der Waals surface area contributed by atoms with Crippen LogP contribution in [-0.2, 0) is 5.54 Å². The van der Waals surface area contributed by atoms with Crippen molar-refractivity contribution in [3.63, 3.8) is 0 Å². The van der Waals surface area contributed by atoms with Gasteiger partial charge in [0.05, 0.1) is 34.5 Å². The van der Waals surface area contributed by atoms with E-state index in [2.05, 4.69) is 15.6 Å². The molecule has 9 heteroatoms. The molecule has 2 heterocycles. The summed E-state index contributed by atoms with van der Waals surface area (Å²) >= 11 is 6.70. The molecule has 2 aromatic heterocycles. The Labute approximate surface area is 240 Å². The lowest BCUT2D eigenvalue weighted by molar-refractivity contribution is 0.0925. The van der Waals surface area contributed by atoms with E-state index in [4.69, 9.17) is 20.8 Å². The number of fused-ring (bicyclic) bond motifs is 1. The number of aromatic nitrogens is 1. The van der Waals surface area contributed by atoms with E-state index in [0.29, 0.717) is 55.3 Å². The second-order valence-corrected chi connectivity index (χ2v) is 10.3. The molecule has 0 aliphatic heterocycles. The molecular weight excluding hydrogens is 545 g/mol. The zero-order valence-electron chi connectivity index (χ0n) is 22.3. The molecular formula is C32H25ClFN3O4. The van der Waals surface area contributed by atoms with Crippen LogP contribution in [0.15, 0.2) is 83.4 Å². The van der Waals surface area contributed by atoms with Crippen LogP contribution >= 0.6 is 11.6 Å². The zero-order chi connectivity index (χ0) is 28.7. The van der Waals surface area contributed by atoms with E-state index in [9.17, 15) is 14.0 Å². The highest BCUT2D eigenvalue weighted by atomic mass is 35.5. The van der Waals surface area contributed by atoms with Gasteiger partial charge in [-0.25, -0.2) is 4.39 Å². The van der Waals surface area contributed by atoms with Crippen molar-refractivity contribution in [3.05, 3.63) is 107 Å². The number of ether oxygens (including phenoxy) is 1. The average molecular weight is 570 g/mol. The summed E-state index contributed by atoms with van der Waals surface area (Å²) in [5.74, 6) is -0.402. The number of furan rings is 1. The van der Waals surface area contributed by atoms with Crippen LogP contribution in [0.3, 0.4) is 0 Å². The number of benzene rings is 3. The molecule has 6 rings (SSSR count). The van der Waals surface area contributed by atoms with Gasteiger partial charge in [-0.2, -0.15) is 0 Å². The van der Waals surface area contributed by atoms with Gasteiger partial charge in [-0.3, -0.25) is 14.6 Å². The molecule has 0 atom stereocenters. The second-order valence-electron chi connectivity index (χ2n) is 9.89. The number of amides is 2. The molecule has 0 unspecified atom stereocenters. The van der Waals surface area contributed by atoms with Crippen LogP contribution in [-0.4, -0.2) is 31.0 Å². The van der Waals surface area contributed by atoms with Gasteiger partial charge in [0.25, 0.3) is 11.8 Å². The number of rotatable bonds is 7. The summed E-state index contributed by atoms with van der Waals surface area (Å²) in [6, 6.07) is 20.0. The smallest absolute Gasteiger partial charge is 0.255 e. The van der Waals surface area contributed by atoms with Crippen molar-refractivity contribution in [2.24, 2.45) is 0 Å². The topological polar surface area (TPSA) is 93.5 Å². The number of carbonyl (C=O) groups is 2. The molecule has 1 aliphatic carbocycles. The maximum atomic E-state index is 13.6. The van der Waals surface area contributed by atoms with Gasteiger partial charge in [0, 0.05) is 35.8 Å². The van der Waals surface area contributed by atoms with Crippen molar-refractivity contribution in [1.29, 1.82) is 0 Å². The van der Waals surface area contributed by atoms with Crippen LogP contribution in [0.4, 0.5) is 4.39 Å². The summed E-state index contributed by atoms with van der Waals surface area (Å²) in [6.45, 7) is 0. The number of nitrogens with one attached hydrogen (secondary N) is 2. The number of pyridine rings is 1. The first kappa shape index (κ1) is 26.5. The maximum absolute atomic E-state index is 13.6. The number of hydrogen-bond donors (Lipinski definition) is 2. The molecule has 7 nitrogen and oxygen atoms in total. The third kappa shape index (κ3) is 4.80. The van der Waals surface area contributed by atoms with Crippen molar-refractivity contribution in [2.45, 2.75) is 18.4 Å². The van der Waals surface area contributed by atoms with Gasteiger partial charge in [-0.15, -0.1) is 0 Å². The summed E-state index contributed by atoms with van der Waals surface area (Å²) in [6.07, 6.45) is 3.28. The Morgan fingerprint density at radius 3 is 2.41 bits per heavy atom. The molecule has 206 valence electrons. The fourth-order valence-corrected chi connectivity index (χ4v) is 5.31. The lowest BCUT2D eigenvalue weighted by Gasteiger charge is -2.19. The van der Waals surface area contributed by atoms with E-state index >= 15 is 0 Å². The minimum absolute atomic E-state index is 0.308. The van der Waals surface area contributed by atoms with Crippen LogP contribution < -0.4 is 15.4 Å². The Kier molecular flexibility index (Phi) is 6.71. The van der Waals surface area contributed by atoms with E-state index in [0.717, 1.165) is 18.5 Å². The van der Waals surface area contributed by atoms with Crippen molar-refractivity contribution < 1.29 is 23.1 Å². The minimum Gasteiger partial charge on any atom is -0.496 e. The first-order valence-corrected chi connectivity index (χ1v) is 13.4. The lowest BCUT2D eigenvalue weighted by Crippen LogP contribution is -2.35. The quantitative estimate of drug-likeness (QED) is 0.226. The number of carbonyl (C=O) groups excluding carboxylic acids is 2. The van der Waals surface area contributed by atoms with Gasteiger partial charge in [0.1, 0.15) is 22.9 Å². The van der Waals surface area contributed by atoms with Crippen molar-refractivity contribution in [1.82, 2.24) is 15.6 Å². The minimum atomic E-state index is -0.516. The first-order chi connectivity index (χ1) is 19.8. The zero-order valence-corrected chi connectivity index (χ0v) is 23.0. The summed E-state index contributed by atoms with van der Waals surface area (Å²) in [4.78, 5) is 31.0. The molecule has 2 amide bonds. The molecule has 0 radical (unpaired) electrons. The fraction of sp³-hybridized carbons (Fsp3) is 0.156. The van der Waals surface area contributed by atoms with Crippen molar-refractivity contribution in [2.75, 3.05) is 14.2 Å². The summed E-state index contributed by atoms with van der Waals surface area (Å²) in [7, 11) is 3.01. The van der Waals surface area contributed by atoms with Crippen LogP contribution in [0, 0.1) is 5.82 Å². The van der Waals surface area contributed by atoms with Gasteiger partial charge < -0.3 is 19.8 Å². The molecule has 1 fully saturated rings. The largest absolute Gasteiger partial charge is 0.496 e. The monoisotopic (exact) mass is 569 g/mol. The third-order valence-corrected chi connectivity index (χ3v) is 7.66. The highest BCUT2D eigenvalue weighted by Crippen LogP contribution is 2.45. The summed E-state index contributed by atoms with van der Waals surface area (Å²) in [5, 5.41) is 6.71. The van der Waals surface area contributed by atoms with E-state index in [1.165, 1.54) is 26.3 Å². The Balaban J connectivity index is 1.43. The molecule has 0 bridgehead atoms. The fourth-order valence-electron chi connectivity index (χ4n) is 5.04. The van der Waals surface area contributed by atoms with Gasteiger partial charge in [-0.05, 0) is 73.0 Å². The molecule has 5 aromatic rings. The van der Waals surface area contributed by atoms with Crippen LogP contribution in [0.25, 0.3) is 33.4 Å². The average Bonchev–Trinajstić information content (AvgIpc) is 3.68. The third-order valence-electron chi connectivity index (χ3n) is 7.35. The Hall–Kier alpha value is -4.69. The van der Waals surface area contributed by atoms with Gasteiger partial charge >= 0.3 is 0 Å². The standard InChI is InChI=1S/C32H25ClFN3O4/c1-35-31(39)28-22-15-19(8-11-25(22)41-29(28)18-6-9-20(34)10-7-18)21-16-23(26(40-2)17-24(21)33)30(38)37-32(12-13-32)27-5-3-4-14-36-27/h3-11,14-17H,12-13H2,1-2H3,(H,35,39)(H,37,38). The number of halogens is 2. The Bertz CT molecular complexity index is 1800. The SMILES string of the molecule is CNC(=O)c1c(-c2ccc(F)cc2)oc2ccc(-c3cc(C(=O)NC4(c5ccccn5)CC4)c(OC)cc3Cl)cc12. The van der Waals surface area contributed by atoms with E-state index in [1.807, 2.05) is 18.2 Å². The summed E-state index contributed by atoms with van der Waals surface area (Å²) < 4.78 is 25.2. The Morgan fingerprint density at radius 2 is 1.76 bits per heavy atom. The van der Waals surface area contributed by atoms with Gasteiger partial charge in [-0.1, -0.05) is 23.7 Å². The van der Waals surface area contributed by atoms with Gasteiger partial charge in [0.15, 0.2) is 0 Å².